The van der Waals surface area contributed by atoms with Gasteiger partial charge in [-0.3, -0.25) is 33.3 Å². The number of primary amides is 1. The summed E-state index contributed by atoms with van der Waals surface area (Å²) < 4.78 is 20.9. The van der Waals surface area contributed by atoms with Crippen LogP contribution in [0.1, 0.15) is 42.9 Å². The van der Waals surface area contributed by atoms with Gasteiger partial charge in [0, 0.05) is 62.1 Å². The van der Waals surface area contributed by atoms with Crippen LogP contribution >= 0.6 is 0 Å². The molecule has 2 aromatic heterocycles. The standard InChI is InChI=1S/C25H32N6O6.C9H9FN2/c1-29(12-20(33)27-11-23(36)37-2)22(35)13-31-18-6-4-3-5-17(18)24(28-31)16-9-25(10-16)14-30(15-25)21(34)8-7-19(26)32;1-6-3-9-7(4-8(6)10)5-11-12(9)2/h3-6,16H,7-15H2,1-2H3,(H2,26,32)(H,27,33);3-5H,1-2H3. The van der Waals surface area contributed by atoms with Gasteiger partial charge >= 0.3 is 5.97 Å². The summed E-state index contributed by atoms with van der Waals surface area (Å²) in [7, 11) is 4.60. The van der Waals surface area contributed by atoms with Gasteiger partial charge in [-0.15, -0.1) is 0 Å². The highest BCUT2D eigenvalue weighted by Gasteiger charge is 2.54. The van der Waals surface area contributed by atoms with Gasteiger partial charge in [0.1, 0.15) is 18.9 Å². The van der Waals surface area contributed by atoms with Crippen molar-refractivity contribution in [1.29, 1.82) is 0 Å². The molecule has 0 atom stereocenters. The van der Waals surface area contributed by atoms with Crippen molar-refractivity contribution in [1.82, 2.24) is 34.7 Å². The van der Waals surface area contributed by atoms with Crippen LogP contribution in [0.5, 0.6) is 0 Å². The van der Waals surface area contributed by atoms with E-state index in [1.54, 1.807) is 33.5 Å². The largest absolute Gasteiger partial charge is 0.468 e. The van der Waals surface area contributed by atoms with Crippen LogP contribution < -0.4 is 11.1 Å². The van der Waals surface area contributed by atoms with Gasteiger partial charge in [0.15, 0.2) is 0 Å². The number of aryl methyl sites for hydroxylation is 2. The van der Waals surface area contributed by atoms with Gasteiger partial charge in [0.25, 0.3) is 0 Å². The minimum absolute atomic E-state index is 0.0265. The lowest BCUT2D eigenvalue weighted by Crippen LogP contribution is -2.63. The van der Waals surface area contributed by atoms with Crippen LogP contribution in [0.15, 0.2) is 42.6 Å². The number of fused-ring (bicyclic) bond motifs is 2. The number of methoxy groups -OCH3 is 1. The van der Waals surface area contributed by atoms with Crippen LogP contribution in [0.25, 0.3) is 21.8 Å². The van der Waals surface area contributed by atoms with E-state index in [0.29, 0.717) is 18.7 Å². The van der Waals surface area contributed by atoms with Crippen LogP contribution in [-0.4, -0.2) is 99.3 Å². The molecule has 14 nitrogen and oxygen atoms in total. The van der Waals surface area contributed by atoms with Crippen molar-refractivity contribution in [3.05, 3.63) is 59.7 Å². The number of halogens is 1. The van der Waals surface area contributed by atoms with Gasteiger partial charge in [0.2, 0.25) is 23.6 Å². The zero-order valence-corrected chi connectivity index (χ0v) is 28.1. The van der Waals surface area contributed by atoms with Crippen molar-refractivity contribution in [2.75, 3.05) is 40.3 Å². The van der Waals surface area contributed by atoms with Gasteiger partial charge in [-0.1, -0.05) is 18.2 Å². The van der Waals surface area contributed by atoms with E-state index < -0.39 is 17.8 Å². The number of likely N-dealkylation sites (tertiary alicyclic amines) is 1. The number of hydrogen-bond donors (Lipinski definition) is 2. The maximum Gasteiger partial charge on any atom is 0.325 e. The summed E-state index contributed by atoms with van der Waals surface area (Å²) in [5, 5.41) is 13.1. The summed E-state index contributed by atoms with van der Waals surface area (Å²) in [6.45, 7) is 2.64. The molecule has 1 spiro atoms. The Morgan fingerprint density at radius 2 is 1.82 bits per heavy atom. The summed E-state index contributed by atoms with van der Waals surface area (Å²) in [6.07, 6.45) is 3.70. The molecule has 2 aliphatic rings. The normalized spacial score (nSPS) is 14.8. The molecule has 1 aliphatic carbocycles. The Balaban J connectivity index is 0.000000325. The fraction of sp³-hybridized carbons (Fsp3) is 0.441. The minimum Gasteiger partial charge on any atom is -0.468 e. The molecule has 0 radical (unpaired) electrons. The first-order valence-electron chi connectivity index (χ1n) is 16.0. The molecule has 0 unspecified atom stereocenters. The Bertz CT molecular complexity index is 1900. The number of rotatable bonds is 10. The predicted molar refractivity (Wildman–Crippen MR) is 177 cm³/mol. The smallest absolute Gasteiger partial charge is 0.325 e. The maximum atomic E-state index is 13.0. The summed E-state index contributed by atoms with van der Waals surface area (Å²) in [4.78, 5) is 62.3. The number of para-hydroxylation sites is 1. The number of ether oxygens (including phenoxy) is 1. The summed E-state index contributed by atoms with van der Waals surface area (Å²) in [6, 6.07) is 11.1. The highest BCUT2D eigenvalue weighted by atomic mass is 19.1. The monoisotopic (exact) mass is 676 g/mol. The van der Waals surface area contributed by atoms with Crippen molar-refractivity contribution in [3.63, 3.8) is 0 Å². The molecule has 2 fully saturated rings. The second-order valence-electron chi connectivity index (χ2n) is 12.9. The molecular formula is C34H41FN8O6. The number of nitrogens with one attached hydrogen (secondary N) is 1. The molecule has 260 valence electrons. The number of hydrogen-bond acceptors (Lipinski definition) is 8. The first-order chi connectivity index (χ1) is 23.3. The molecule has 4 aromatic rings. The Morgan fingerprint density at radius 1 is 1.10 bits per heavy atom. The number of amides is 4. The SMILES string of the molecule is COC(=O)CNC(=O)CN(C)C(=O)Cn1nc(C2CC3(C2)CN(C(=O)CCC(N)=O)C3)c2ccccc21.Cc1cc2c(cnn2C)cc1F. The van der Waals surface area contributed by atoms with Gasteiger partial charge in [-0.2, -0.15) is 10.2 Å². The molecule has 49 heavy (non-hydrogen) atoms. The van der Waals surface area contributed by atoms with E-state index in [-0.39, 0.29) is 61.4 Å². The van der Waals surface area contributed by atoms with Crippen LogP contribution in [0.4, 0.5) is 4.39 Å². The number of likely N-dealkylation sites (N-methyl/N-ethyl adjacent to an activating group) is 1. The second kappa shape index (κ2) is 14.4. The van der Waals surface area contributed by atoms with Crippen molar-refractivity contribution < 1.29 is 33.1 Å². The van der Waals surface area contributed by atoms with E-state index in [0.717, 1.165) is 40.3 Å². The first-order valence-corrected chi connectivity index (χ1v) is 16.0. The molecule has 1 aliphatic heterocycles. The topological polar surface area (TPSA) is 175 Å². The highest BCUT2D eigenvalue weighted by Crippen LogP contribution is 2.56. The zero-order valence-electron chi connectivity index (χ0n) is 28.1. The van der Waals surface area contributed by atoms with Gasteiger partial charge in [-0.25, -0.2) is 4.39 Å². The van der Waals surface area contributed by atoms with Gasteiger partial charge in [0.05, 0.1) is 36.6 Å². The maximum absolute atomic E-state index is 13.0. The Kier molecular flexibility index (Phi) is 10.3. The van der Waals surface area contributed by atoms with Crippen molar-refractivity contribution >= 4 is 51.4 Å². The molecule has 3 heterocycles. The summed E-state index contributed by atoms with van der Waals surface area (Å²) in [5.41, 5.74) is 8.63. The number of nitrogens with zero attached hydrogens (tertiary/aromatic N) is 6. The second-order valence-corrected chi connectivity index (χ2v) is 12.9. The quantitative estimate of drug-likeness (QED) is 0.239. The molecule has 3 N–H and O–H groups in total. The summed E-state index contributed by atoms with van der Waals surface area (Å²) in [5.74, 6) is -1.77. The van der Waals surface area contributed by atoms with Gasteiger partial charge < -0.3 is 25.6 Å². The highest BCUT2D eigenvalue weighted by molar-refractivity contribution is 5.88. The van der Waals surface area contributed by atoms with Crippen molar-refractivity contribution in [2.45, 2.75) is 45.1 Å². The fourth-order valence-electron chi connectivity index (χ4n) is 6.47. The summed E-state index contributed by atoms with van der Waals surface area (Å²) >= 11 is 0. The zero-order chi connectivity index (χ0) is 35.5. The first kappa shape index (κ1) is 35.0. The van der Waals surface area contributed by atoms with Crippen molar-refractivity contribution in [2.24, 2.45) is 18.2 Å². The number of aromatic nitrogens is 4. The molecule has 2 aromatic carbocycles. The predicted octanol–water partition coefficient (Wildman–Crippen LogP) is 1.78. The Hall–Kier alpha value is -5.34. The number of carbonyl (C=O) groups excluding carboxylic acids is 5. The van der Waals surface area contributed by atoms with E-state index in [1.807, 2.05) is 31.3 Å². The van der Waals surface area contributed by atoms with Crippen LogP contribution in [0.2, 0.25) is 0 Å². The molecule has 4 amide bonds. The fourth-order valence-corrected chi connectivity index (χ4v) is 6.47. The minimum atomic E-state index is -0.570. The third kappa shape index (κ3) is 7.87. The average Bonchev–Trinajstić information content (AvgIpc) is 3.57. The lowest BCUT2D eigenvalue weighted by Gasteiger charge is -2.59. The van der Waals surface area contributed by atoms with E-state index in [2.05, 4.69) is 15.2 Å². The molecule has 6 rings (SSSR count). The van der Waals surface area contributed by atoms with E-state index in [1.165, 1.54) is 25.1 Å². The van der Waals surface area contributed by atoms with Crippen LogP contribution in [0, 0.1) is 18.2 Å². The third-order valence-electron chi connectivity index (χ3n) is 9.20. The molecule has 0 bridgehead atoms. The Morgan fingerprint density at radius 3 is 2.51 bits per heavy atom. The molecule has 1 saturated heterocycles. The number of esters is 1. The van der Waals surface area contributed by atoms with E-state index in [9.17, 15) is 28.4 Å². The van der Waals surface area contributed by atoms with Crippen molar-refractivity contribution in [3.8, 4) is 0 Å². The average molecular weight is 677 g/mol. The van der Waals surface area contributed by atoms with Gasteiger partial charge in [-0.05, 0) is 43.5 Å². The van der Waals surface area contributed by atoms with Crippen LogP contribution in [0.3, 0.4) is 0 Å². The number of carbonyl (C=O) groups is 5. The van der Waals surface area contributed by atoms with E-state index in [4.69, 9.17) is 10.8 Å². The van der Waals surface area contributed by atoms with Crippen LogP contribution in [-0.2, 0) is 42.3 Å². The molecule has 15 heteroatoms. The lowest BCUT2D eigenvalue weighted by atomic mass is 9.56. The molecular weight excluding hydrogens is 635 g/mol. The Labute approximate surface area is 282 Å². The third-order valence-corrected chi connectivity index (χ3v) is 9.20. The van der Waals surface area contributed by atoms with E-state index >= 15 is 0 Å². The lowest BCUT2D eigenvalue weighted by molar-refractivity contribution is -0.152. The number of benzene rings is 2. The molecule has 1 saturated carbocycles. The number of nitrogens with two attached hydrogens (primary N) is 1.